The molecule has 2 rings (SSSR count). The molecule has 0 aromatic carbocycles. The van der Waals surface area contributed by atoms with Crippen LogP contribution in [-0.4, -0.2) is 42.3 Å². The normalized spacial score (nSPS) is 20.7. The zero-order valence-electron chi connectivity index (χ0n) is 9.59. The Morgan fingerprint density at radius 3 is 2.81 bits per heavy atom. The second kappa shape index (κ2) is 4.45. The molecule has 84 valence electrons. The van der Waals surface area contributed by atoms with Gasteiger partial charge < -0.3 is 4.90 Å². The minimum Gasteiger partial charge on any atom is -0.306 e. The van der Waals surface area contributed by atoms with Crippen LogP contribution in [-0.2, 0) is 0 Å². The molecule has 5 nitrogen and oxygen atoms in total. The monoisotopic (exact) mass is 217 g/mol. The molecule has 0 aliphatic carbocycles. The van der Waals surface area contributed by atoms with E-state index in [-0.39, 0.29) is 0 Å². The number of anilines is 1. The third-order valence-corrected chi connectivity index (χ3v) is 2.97. The lowest BCUT2D eigenvalue weighted by molar-refractivity contribution is 0.410. The van der Waals surface area contributed by atoms with Crippen LogP contribution in [0.5, 0.6) is 0 Å². The Kier molecular flexibility index (Phi) is 3.02. The number of likely N-dealkylation sites (N-methyl/N-ethyl adjacent to an activating group) is 1. The summed E-state index contributed by atoms with van der Waals surface area (Å²) >= 11 is 0. The molecule has 0 saturated carbocycles. The highest BCUT2D eigenvalue weighted by molar-refractivity contribution is 5.41. The molecule has 16 heavy (non-hydrogen) atoms. The van der Waals surface area contributed by atoms with E-state index in [2.05, 4.69) is 22.1 Å². The van der Waals surface area contributed by atoms with Gasteiger partial charge in [-0.25, -0.2) is 0 Å². The fourth-order valence-corrected chi connectivity index (χ4v) is 1.96. The van der Waals surface area contributed by atoms with Crippen molar-refractivity contribution in [3.63, 3.8) is 0 Å². The highest BCUT2D eigenvalue weighted by atomic mass is 15.2. The summed E-state index contributed by atoms with van der Waals surface area (Å²) in [5.74, 6) is 1.08. The van der Waals surface area contributed by atoms with Gasteiger partial charge in [-0.15, -0.1) is 5.10 Å². The van der Waals surface area contributed by atoms with Crippen molar-refractivity contribution in [3.8, 4) is 6.19 Å². The summed E-state index contributed by atoms with van der Waals surface area (Å²) in [5, 5.41) is 17.0. The topological polar surface area (TPSA) is 56.0 Å². The maximum Gasteiger partial charge on any atom is 0.185 e. The molecule has 0 amide bonds. The average Bonchev–Trinajstić information content (AvgIpc) is 2.75. The maximum atomic E-state index is 8.71. The zero-order chi connectivity index (χ0) is 11.5. The quantitative estimate of drug-likeness (QED) is 0.542. The molecular weight excluding hydrogens is 202 g/mol. The van der Waals surface area contributed by atoms with Gasteiger partial charge in [-0.2, -0.15) is 10.4 Å². The van der Waals surface area contributed by atoms with Crippen molar-refractivity contribution in [1.82, 2.24) is 15.1 Å². The van der Waals surface area contributed by atoms with Gasteiger partial charge in [0.1, 0.15) is 0 Å². The van der Waals surface area contributed by atoms with E-state index in [0.717, 1.165) is 25.2 Å². The number of rotatable bonds is 2. The number of likely N-dealkylation sites (tertiary alicyclic amines) is 1. The molecular formula is C11H15N5. The smallest absolute Gasteiger partial charge is 0.185 e. The predicted octanol–water partition coefficient (Wildman–Crippen LogP) is 0.813. The first-order chi connectivity index (χ1) is 7.70. The fraction of sp³-hybridized carbons (Fsp3) is 0.545. The minimum atomic E-state index is 0.485. The molecule has 1 aliphatic heterocycles. The van der Waals surface area contributed by atoms with E-state index in [0.29, 0.717) is 11.7 Å². The molecule has 1 saturated heterocycles. The molecule has 1 aromatic heterocycles. The molecule has 1 fully saturated rings. The molecule has 1 aliphatic rings. The number of hydrogen-bond acceptors (Lipinski definition) is 5. The molecule has 1 unspecified atom stereocenters. The van der Waals surface area contributed by atoms with E-state index in [4.69, 9.17) is 5.26 Å². The van der Waals surface area contributed by atoms with Gasteiger partial charge in [-0.1, -0.05) is 0 Å². The Hall–Kier alpha value is -1.67. The summed E-state index contributed by atoms with van der Waals surface area (Å²) in [6.07, 6.45) is 3.14. The van der Waals surface area contributed by atoms with Gasteiger partial charge in [0.05, 0.1) is 5.69 Å². The summed E-state index contributed by atoms with van der Waals surface area (Å²) in [6, 6.07) is 3.82. The Bertz CT molecular complexity index is 394. The first-order valence-electron chi connectivity index (χ1n) is 5.36. The van der Waals surface area contributed by atoms with Crippen molar-refractivity contribution in [2.45, 2.75) is 12.3 Å². The number of nitriles is 1. The third-order valence-electron chi connectivity index (χ3n) is 2.97. The summed E-state index contributed by atoms with van der Waals surface area (Å²) in [5.41, 5.74) is 1.03. The van der Waals surface area contributed by atoms with Crippen molar-refractivity contribution >= 4 is 5.82 Å². The van der Waals surface area contributed by atoms with Crippen LogP contribution in [0.25, 0.3) is 0 Å². The molecule has 5 heteroatoms. The zero-order valence-corrected chi connectivity index (χ0v) is 9.59. The van der Waals surface area contributed by atoms with Crippen LogP contribution in [0.1, 0.15) is 18.0 Å². The SMILES string of the molecule is CN1CCC(c2ccc(N(C)C#N)nn2)C1. The van der Waals surface area contributed by atoms with Crippen LogP contribution in [0.15, 0.2) is 12.1 Å². The molecule has 1 atom stereocenters. The summed E-state index contributed by atoms with van der Waals surface area (Å²) in [7, 11) is 3.79. The number of hydrogen-bond donors (Lipinski definition) is 0. The standard InChI is InChI=1S/C11H15N5/c1-15-6-5-9(7-15)10-3-4-11(14-13-10)16(2)8-12/h3-4,9H,5-7H2,1-2H3. The van der Waals surface area contributed by atoms with Crippen molar-refractivity contribution in [1.29, 1.82) is 5.26 Å². The van der Waals surface area contributed by atoms with E-state index in [1.165, 1.54) is 4.90 Å². The van der Waals surface area contributed by atoms with Crippen LogP contribution in [0.3, 0.4) is 0 Å². The Labute approximate surface area is 95.3 Å². The van der Waals surface area contributed by atoms with E-state index < -0.39 is 0 Å². The Morgan fingerprint density at radius 1 is 1.50 bits per heavy atom. The average molecular weight is 217 g/mol. The second-order valence-corrected chi connectivity index (χ2v) is 4.22. The van der Waals surface area contributed by atoms with Gasteiger partial charge >= 0.3 is 0 Å². The minimum absolute atomic E-state index is 0.485. The van der Waals surface area contributed by atoms with Gasteiger partial charge in [0.2, 0.25) is 0 Å². The predicted molar refractivity (Wildman–Crippen MR) is 60.9 cm³/mol. The van der Waals surface area contributed by atoms with Crippen molar-refractivity contribution in [2.75, 3.05) is 32.1 Å². The van der Waals surface area contributed by atoms with Crippen LogP contribution >= 0.6 is 0 Å². The van der Waals surface area contributed by atoms with Gasteiger partial charge in [0.25, 0.3) is 0 Å². The van der Waals surface area contributed by atoms with Crippen molar-refractivity contribution in [3.05, 3.63) is 17.8 Å². The fourth-order valence-electron chi connectivity index (χ4n) is 1.96. The number of aromatic nitrogens is 2. The molecule has 0 spiro atoms. The highest BCUT2D eigenvalue weighted by Crippen LogP contribution is 2.24. The van der Waals surface area contributed by atoms with E-state index in [1.807, 2.05) is 18.3 Å². The van der Waals surface area contributed by atoms with Crippen LogP contribution in [0.4, 0.5) is 5.82 Å². The third kappa shape index (κ3) is 2.12. The molecule has 0 bridgehead atoms. The molecule has 0 radical (unpaired) electrons. The Morgan fingerprint density at radius 2 is 2.31 bits per heavy atom. The van der Waals surface area contributed by atoms with E-state index in [1.54, 1.807) is 7.05 Å². The largest absolute Gasteiger partial charge is 0.306 e. The van der Waals surface area contributed by atoms with Gasteiger partial charge in [0.15, 0.2) is 12.0 Å². The molecule has 0 N–H and O–H groups in total. The summed E-state index contributed by atoms with van der Waals surface area (Å²) < 4.78 is 0. The summed E-state index contributed by atoms with van der Waals surface area (Å²) in [4.78, 5) is 3.69. The van der Waals surface area contributed by atoms with Crippen LogP contribution in [0, 0.1) is 11.5 Å². The second-order valence-electron chi connectivity index (χ2n) is 4.22. The van der Waals surface area contributed by atoms with Crippen LogP contribution < -0.4 is 4.90 Å². The molecule has 2 heterocycles. The first kappa shape index (κ1) is 10.8. The van der Waals surface area contributed by atoms with Gasteiger partial charge in [0, 0.05) is 19.5 Å². The van der Waals surface area contributed by atoms with Crippen LogP contribution in [0.2, 0.25) is 0 Å². The Balaban J connectivity index is 2.11. The molecule has 1 aromatic rings. The van der Waals surface area contributed by atoms with Gasteiger partial charge in [-0.05, 0) is 32.1 Å². The lowest BCUT2D eigenvalue weighted by Crippen LogP contribution is -2.15. The van der Waals surface area contributed by atoms with Crippen molar-refractivity contribution < 1.29 is 0 Å². The first-order valence-corrected chi connectivity index (χ1v) is 5.36. The number of nitrogens with zero attached hydrogens (tertiary/aromatic N) is 5. The lowest BCUT2D eigenvalue weighted by Gasteiger charge is -2.11. The van der Waals surface area contributed by atoms with Crippen molar-refractivity contribution in [2.24, 2.45) is 0 Å². The van der Waals surface area contributed by atoms with E-state index in [9.17, 15) is 0 Å². The highest BCUT2D eigenvalue weighted by Gasteiger charge is 2.22. The maximum absolute atomic E-state index is 8.71. The summed E-state index contributed by atoms with van der Waals surface area (Å²) in [6.45, 7) is 2.16. The van der Waals surface area contributed by atoms with E-state index >= 15 is 0 Å². The lowest BCUT2D eigenvalue weighted by atomic mass is 10.1. The van der Waals surface area contributed by atoms with Gasteiger partial charge in [-0.3, -0.25) is 4.90 Å².